The molecule has 0 aliphatic carbocycles. The molecule has 2 aromatic carbocycles. The first-order valence-corrected chi connectivity index (χ1v) is 12.0. The zero-order valence-corrected chi connectivity index (χ0v) is 20.2. The number of Topliss-reactive ketones (excluding diaryl/α,β-unsaturated/α-hetero) is 1. The molecule has 1 aliphatic heterocycles. The van der Waals surface area contributed by atoms with Gasteiger partial charge in [0, 0.05) is 24.3 Å². The summed E-state index contributed by atoms with van der Waals surface area (Å²) in [6.45, 7) is 4.21. The molecule has 1 aliphatic rings. The molecule has 34 heavy (non-hydrogen) atoms. The molecule has 0 fully saturated rings. The van der Waals surface area contributed by atoms with E-state index in [1.807, 2.05) is 53.9 Å². The highest BCUT2D eigenvalue weighted by molar-refractivity contribution is 7.08. The van der Waals surface area contributed by atoms with Crippen molar-refractivity contribution in [2.24, 2.45) is 5.92 Å². The lowest BCUT2D eigenvalue weighted by atomic mass is 9.90. The summed E-state index contributed by atoms with van der Waals surface area (Å²) in [6.07, 6.45) is 0. The van der Waals surface area contributed by atoms with Gasteiger partial charge in [-0.3, -0.25) is 14.5 Å². The summed E-state index contributed by atoms with van der Waals surface area (Å²) in [7, 11) is 1.59. The molecule has 1 unspecified atom stereocenters. The highest BCUT2D eigenvalue weighted by Crippen LogP contribution is 2.45. The smallest absolute Gasteiger partial charge is 0.294 e. The van der Waals surface area contributed by atoms with Crippen LogP contribution in [0.1, 0.15) is 25.5 Å². The van der Waals surface area contributed by atoms with Gasteiger partial charge < -0.3 is 14.6 Å². The van der Waals surface area contributed by atoms with Crippen LogP contribution >= 0.6 is 11.3 Å². The molecule has 7 heteroatoms. The number of aliphatic hydroxyl groups is 1. The second kappa shape index (κ2) is 10.2. The molecule has 0 saturated carbocycles. The molecule has 176 valence electrons. The Morgan fingerprint density at radius 1 is 1.06 bits per heavy atom. The van der Waals surface area contributed by atoms with Gasteiger partial charge in [0.15, 0.2) is 11.5 Å². The maximum absolute atomic E-state index is 13.3. The fourth-order valence-electron chi connectivity index (χ4n) is 4.04. The molecule has 1 aromatic heterocycles. The van der Waals surface area contributed by atoms with Crippen molar-refractivity contribution in [1.29, 1.82) is 0 Å². The molecule has 4 rings (SSSR count). The lowest BCUT2D eigenvalue weighted by Gasteiger charge is -2.29. The van der Waals surface area contributed by atoms with E-state index in [1.54, 1.807) is 38.4 Å². The van der Waals surface area contributed by atoms with Gasteiger partial charge in [0.25, 0.3) is 5.91 Å². The monoisotopic (exact) mass is 477 g/mol. The summed E-state index contributed by atoms with van der Waals surface area (Å²) < 4.78 is 11.0. The van der Waals surface area contributed by atoms with Crippen LogP contribution in [0.25, 0.3) is 11.1 Å². The zero-order valence-electron chi connectivity index (χ0n) is 19.4. The number of para-hydroxylation sites is 1. The van der Waals surface area contributed by atoms with Crippen molar-refractivity contribution in [2.75, 3.05) is 25.2 Å². The van der Waals surface area contributed by atoms with Gasteiger partial charge in [0.05, 0.1) is 18.2 Å². The third-order valence-electron chi connectivity index (χ3n) is 5.76. The molecule has 6 nitrogen and oxygen atoms in total. The number of amides is 1. The van der Waals surface area contributed by atoms with E-state index in [0.717, 1.165) is 11.1 Å². The summed E-state index contributed by atoms with van der Waals surface area (Å²) in [5.41, 5.74) is 3.41. The van der Waals surface area contributed by atoms with Crippen molar-refractivity contribution >= 4 is 28.7 Å². The molecule has 2 heterocycles. The van der Waals surface area contributed by atoms with Crippen molar-refractivity contribution < 1.29 is 24.2 Å². The Balaban J connectivity index is 1.80. The Labute approximate surface area is 203 Å². The average molecular weight is 478 g/mol. The SMILES string of the molecule is COCCOc1ccccc1C1C(C(=O)C(C)C)=C(O)C(=O)N1c1ccc(-c2ccsc2)cc1. The average Bonchev–Trinajstić information content (AvgIpc) is 3.47. The summed E-state index contributed by atoms with van der Waals surface area (Å²) >= 11 is 1.61. The fraction of sp³-hybridized carbons (Fsp3) is 0.259. The first kappa shape index (κ1) is 23.7. The Morgan fingerprint density at radius 3 is 2.44 bits per heavy atom. The van der Waals surface area contributed by atoms with Gasteiger partial charge in [0.2, 0.25) is 0 Å². The van der Waals surface area contributed by atoms with Gasteiger partial charge in [-0.15, -0.1) is 0 Å². The van der Waals surface area contributed by atoms with Crippen LogP contribution in [0.2, 0.25) is 0 Å². The van der Waals surface area contributed by atoms with Gasteiger partial charge in [-0.25, -0.2) is 0 Å². The third kappa shape index (κ3) is 4.49. The summed E-state index contributed by atoms with van der Waals surface area (Å²) in [6, 6.07) is 16.0. The standard InChI is InChI=1S/C27H27NO5S/c1-17(2)25(29)23-24(21-6-4-5-7-22(21)33-14-13-32-3)28(27(31)26(23)30)20-10-8-18(9-11-20)19-12-15-34-16-19/h4-12,15-17,24,30H,13-14H2,1-3H3. The number of carbonyl (C=O) groups excluding carboxylic acids is 2. The number of carbonyl (C=O) groups is 2. The van der Waals surface area contributed by atoms with E-state index < -0.39 is 23.6 Å². The Kier molecular flexibility index (Phi) is 7.14. The van der Waals surface area contributed by atoms with Crippen molar-refractivity contribution in [1.82, 2.24) is 0 Å². The summed E-state index contributed by atoms with van der Waals surface area (Å²) in [4.78, 5) is 28.0. The molecule has 0 spiro atoms. The van der Waals surface area contributed by atoms with Crippen LogP contribution < -0.4 is 9.64 Å². The van der Waals surface area contributed by atoms with Crippen molar-refractivity contribution in [3.63, 3.8) is 0 Å². The minimum absolute atomic E-state index is 0.0877. The second-order valence-corrected chi connectivity index (χ2v) is 9.08. The predicted octanol–water partition coefficient (Wildman–Crippen LogP) is 5.57. The number of methoxy groups -OCH3 is 1. The van der Waals surface area contributed by atoms with Crippen molar-refractivity contribution in [2.45, 2.75) is 19.9 Å². The van der Waals surface area contributed by atoms with E-state index in [2.05, 4.69) is 5.38 Å². The molecule has 0 bridgehead atoms. The maximum Gasteiger partial charge on any atom is 0.294 e. The van der Waals surface area contributed by atoms with Crippen LogP contribution in [0.15, 0.2) is 76.7 Å². The van der Waals surface area contributed by atoms with Gasteiger partial charge in [-0.1, -0.05) is 44.2 Å². The van der Waals surface area contributed by atoms with E-state index in [-0.39, 0.29) is 11.4 Å². The van der Waals surface area contributed by atoms with Crippen LogP contribution in [0.4, 0.5) is 5.69 Å². The van der Waals surface area contributed by atoms with Crippen LogP contribution in [-0.4, -0.2) is 37.1 Å². The molecule has 1 amide bonds. The van der Waals surface area contributed by atoms with Crippen LogP contribution in [0.5, 0.6) is 5.75 Å². The Bertz CT molecular complexity index is 1200. The van der Waals surface area contributed by atoms with Crippen LogP contribution in [0, 0.1) is 5.92 Å². The number of hydrogen-bond donors (Lipinski definition) is 1. The molecule has 3 aromatic rings. The topological polar surface area (TPSA) is 76.1 Å². The Morgan fingerprint density at radius 2 is 1.79 bits per heavy atom. The quantitative estimate of drug-likeness (QED) is 0.408. The fourth-order valence-corrected chi connectivity index (χ4v) is 4.71. The summed E-state index contributed by atoms with van der Waals surface area (Å²) in [5, 5.41) is 14.9. The molecule has 0 radical (unpaired) electrons. The number of nitrogens with zero attached hydrogens (tertiary/aromatic N) is 1. The lowest BCUT2D eigenvalue weighted by molar-refractivity contribution is -0.119. The number of thiophene rings is 1. The molecule has 0 saturated heterocycles. The molecular formula is C27H27NO5S. The minimum atomic E-state index is -0.812. The van der Waals surface area contributed by atoms with Crippen molar-refractivity contribution in [3.8, 4) is 16.9 Å². The molecule has 1 N–H and O–H groups in total. The van der Waals surface area contributed by atoms with Gasteiger partial charge >= 0.3 is 0 Å². The second-order valence-electron chi connectivity index (χ2n) is 8.30. The van der Waals surface area contributed by atoms with Gasteiger partial charge in [-0.2, -0.15) is 11.3 Å². The normalized spacial score (nSPS) is 15.9. The number of ether oxygens (including phenoxy) is 2. The summed E-state index contributed by atoms with van der Waals surface area (Å²) in [5.74, 6) is -1.27. The number of anilines is 1. The number of benzene rings is 2. The van der Waals surface area contributed by atoms with E-state index in [4.69, 9.17) is 9.47 Å². The maximum atomic E-state index is 13.3. The van der Waals surface area contributed by atoms with E-state index >= 15 is 0 Å². The minimum Gasteiger partial charge on any atom is -0.503 e. The number of ketones is 1. The highest BCUT2D eigenvalue weighted by atomic mass is 32.1. The molecule has 1 atom stereocenters. The van der Waals surface area contributed by atoms with Gasteiger partial charge in [0.1, 0.15) is 12.4 Å². The number of aliphatic hydroxyl groups excluding tert-OH is 1. The van der Waals surface area contributed by atoms with E-state index in [9.17, 15) is 14.7 Å². The first-order chi connectivity index (χ1) is 16.4. The Hall–Kier alpha value is -3.42. The van der Waals surface area contributed by atoms with E-state index in [0.29, 0.717) is 30.2 Å². The lowest BCUT2D eigenvalue weighted by Crippen LogP contribution is -2.31. The number of hydrogen-bond acceptors (Lipinski definition) is 6. The van der Waals surface area contributed by atoms with Crippen LogP contribution in [0.3, 0.4) is 0 Å². The highest BCUT2D eigenvalue weighted by Gasteiger charge is 2.45. The largest absolute Gasteiger partial charge is 0.503 e. The van der Waals surface area contributed by atoms with Gasteiger partial charge in [-0.05, 0) is 46.2 Å². The van der Waals surface area contributed by atoms with E-state index in [1.165, 1.54) is 4.90 Å². The van der Waals surface area contributed by atoms with Crippen LogP contribution in [-0.2, 0) is 14.3 Å². The molecular weight excluding hydrogens is 450 g/mol. The number of rotatable bonds is 9. The predicted molar refractivity (Wildman–Crippen MR) is 133 cm³/mol. The zero-order chi connectivity index (χ0) is 24.2. The third-order valence-corrected chi connectivity index (χ3v) is 6.44. The van der Waals surface area contributed by atoms with Crippen molar-refractivity contribution in [3.05, 3.63) is 82.3 Å². The first-order valence-electron chi connectivity index (χ1n) is 11.1.